The fourth-order valence-electron chi connectivity index (χ4n) is 3.24. The normalized spacial score (nSPS) is 17.0. The number of hydrogen-bond donors (Lipinski definition) is 1. The molecule has 2 aliphatic carbocycles. The van der Waals surface area contributed by atoms with Crippen molar-refractivity contribution in [1.82, 2.24) is 5.32 Å². The van der Waals surface area contributed by atoms with Gasteiger partial charge in [-0.15, -0.1) is 0 Å². The van der Waals surface area contributed by atoms with E-state index in [0.717, 1.165) is 5.56 Å². The second kappa shape index (κ2) is 6.69. The van der Waals surface area contributed by atoms with E-state index in [-0.39, 0.29) is 5.91 Å². The summed E-state index contributed by atoms with van der Waals surface area (Å²) in [6, 6.07) is 4.04. The summed E-state index contributed by atoms with van der Waals surface area (Å²) in [5.41, 5.74) is 0.813. The minimum absolute atomic E-state index is 0.0549. The van der Waals surface area contributed by atoms with Crippen molar-refractivity contribution in [3.63, 3.8) is 0 Å². The SMILES string of the molecule is COc1ccc(CC(=O)NC(C2CC2)C2CC2)c(OC)c1OC. The standard InChI is InChI=1S/C18H25NO4/c1-21-14-9-8-13(17(22-2)18(14)23-3)10-15(20)19-16(11-4-5-11)12-6-7-12/h8-9,11-12,16H,4-7,10H2,1-3H3,(H,19,20). The highest BCUT2D eigenvalue weighted by Gasteiger charge is 2.42. The number of hydrogen-bond acceptors (Lipinski definition) is 4. The fraction of sp³-hybridized carbons (Fsp3) is 0.611. The Labute approximate surface area is 137 Å². The average Bonchev–Trinajstić information content (AvgIpc) is 3.45. The summed E-state index contributed by atoms with van der Waals surface area (Å²) < 4.78 is 16.1. The lowest BCUT2D eigenvalue weighted by molar-refractivity contribution is -0.121. The third-order valence-corrected chi connectivity index (χ3v) is 4.72. The number of carbonyl (C=O) groups is 1. The Kier molecular flexibility index (Phi) is 4.64. The van der Waals surface area contributed by atoms with Crippen LogP contribution in [-0.4, -0.2) is 33.3 Å². The molecule has 1 amide bonds. The van der Waals surface area contributed by atoms with Crippen molar-refractivity contribution in [1.29, 1.82) is 0 Å². The molecule has 0 bridgehead atoms. The zero-order valence-corrected chi connectivity index (χ0v) is 14.1. The Bertz CT molecular complexity index is 567. The van der Waals surface area contributed by atoms with E-state index < -0.39 is 0 Å². The Hall–Kier alpha value is -1.91. The lowest BCUT2D eigenvalue weighted by Crippen LogP contribution is -2.39. The van der Waals surface area contributed by atoms with Crippen molar-refractivity contribution >= 4 is 5.91 Å². The molecule has 0 saturated heterocycles. The summed E-state index contributed by atoms with van der Waals surface area (Å²) >= 11 is 0. The number of nitrogens with one attached hydrogen (secondary N) is 1. The van der Waals surface area contributed by atoms with E-state index in [2.05, 4.69) is 5.32 Å². The van der Waals surface area contributed by atoms with Gasteiger partial charge in [0, 0.05) is 11.6 Å². The van der Waals surface area contributed by atoms with E-state index in [1.54, 1.807) is 21.3 Å². The van der Waals surface area contributed by atoms with Crippen molar-refractivity contribution in [3.05, 3.63) is 17.7 Å². The van der Waals surface area contributed by atoms with Crippen LogP contribution < -0.4 is 19.5 Å². The van der Waals surface area contributed by atoms with Crippen LogP contribution in [0.15, 0.2) is 12.1 Å². The van der Waals surface area contributed by atoms with E-state index in [1.807, 2.05) is 12.1 Å². The van der Waals surface area contributed by atoms with Crippen LogP contribution in [0.2, 0.25) is 0 Å². The van der Waals surface area contributed by atoms with Gasteiger partial charge in [-0.3, -0.25) is 4.79 Å². The van der Waals surface area contributed by atoms with Crippen LogP contribution >= 0.6 is 0 Å². The molecule has 126 valence electrons. The molecule has 0 heterocycles. The zero-order chi connectivity index (χ0) is 16.4. The van der Waals surface area contributed by atoms with E-state index in [4.69, 9.17) is 14.2 Å². The minimum atomic E-state index is 0.0549. The van der Waals surface area contributed by atoms with Crippen LogP contribution in [0.4, 0.5) is 0 Å². The monoisotopic (exact) mass is 319 g/mol. The summed E-state index contributed by atoms with van der Waals surface area (Å²) in [7, 11) is 4.73. The topological polar surface area (TPSA) is 56.8 Å². The molecule has 0 aliphatic heterocycles. The largest absolute Gasteiger partial charge is 0.493 e. The van der Waals surface area contributed by atoms with Crippen LogP contribution in [0.25, 0.3) is 0 Å². The van der Waals surface area contributed by atoms with Gasteiger partial charge in [0.15, 0.2) is 11.5 Å². The third kappa shape index (κ3) is 3.54. The number of methoxy groups -OCH3 is 3. The first-order chi connectivity index (χ1) is 11.2. The van der Waals surface area contributed by atoms with E-state index >= 15 is 0 Å². The van der Waals surface area contributed by atoms with Crippen LogP contribution in [0.5, 0.6) is 17.2 Å². The van der Waals surface area contributed by atoms with Gasteiger partial charge in [-0.2, -0.15) is 0 Å². The van der Waals surface area contributed by atoms with E-state index in [1.165, 1.54) is 25.7 Å². The fourth-order valence-corrected chi connectivity index (χ4v) is 3.24. The van der Waals surface area contributed by atoms with Gasteiger partial charge in [-0.1, -0.05) is 6.07 Å². The molecule has 3 rings (SSSR count). The molecule has 2 saturated carbocycles. The molecule has 5 heteroatoms. The van der Waals surface area contributed by atoms with Gasteiger partial charge in [0.05, 0.1) is 27.8 Å². The predicted molar refractivity (Wildman–Crippen MR) is 87.2 cm³/mol. The van der Waals surface area contributed by atoms with Gasteiger partial charge in [-0.05, 0) is 43.6 Å². The van der Waals surface area contributed by atoms with Crippen LogP contribution in [0.1, 0.15) is 31.2 Å². The lowest BCUT2D eigenvalue weighted by atomic mass is 10.1. The molecule has 0 unspecified atom stereocenters. The number of carbonyl (C=O) groups excluding carboxylic acids is 1. The Morgan fingerprint density at radius 1 is 1.04 bits per heavy atom. The molecule has 5 nitrogen and oxygen atoms in total. The molecule has 0 radical (unpaired) electrons. The Morgan fingerprint density at radius 2 is 1.65 bits per heavy atom. The zero-order valence-electron chi connectivity index (χ0n) is 14.1. The van der Waals surface area contributed by atoms with Crippen molar-refractivity contribution in [2.45, 2.75) is 38.1 Å². The van der Waals surface area contributed by atoms with Gasteiger partial charge in [-0.25, -0.2) is 0 Å². The number of benzene rings is 1. The maximum atomic E-state index is 12.5. The molecule has 1 aromatic carbocycles. The summed E-state index contributed by atoms with van der Waals surface area (Å²) in [5.74, 6) is 3.14. The molecule has 1 N–H and O–H groups in total. The Balaban J connectivity index is 1.72. The maximum absolute atomic E-state index is 12.5. The summed E-state index contributed by atoms with van der Waals surface area (Å²) in [4.78, 5) is 12.5. The van der Waals surface area contributed by atoms with E-state index in [0.29, 0.717) is 41.5 Å². The predicted octanol–water partition coefficient (Wildman–Crippen LogP) is 2.56. The highest BCUT2D eigenvalue weighted by molar-refractivity contribution is 5.80. The number of ether oxygens (including phenoxy) is 3. The van der Waals surface area contributed by atoms with Crippen LogP contribution in [0, 0.1) is 11.8 Å². The first-order valence-electron chi connectivity index (χ1n) is 8.25. The van der Waals surface area contributed by atoms with Crippen molar-refractivity contribution in [2.75, 3.05) is 21.3 Å². The van der Waals surface area contributed by atoms with Gasteiger partial charge in [0.25, 0.3) is 0 Å². The minimum Gasteiger partial charge on any atom is -0.493 e. The molecule has 2 fully saturated rings. The van der Waals surface area contributed by atoms with Crippen LogP contribution in [0.3, 0.4) is 0 Å². The third-order valence-electron chi connectivity index (χ3n) is 4.72. The summed E-state index contributed by atoms with van der Waals surface area (Å²) in [5, 5.41) is 3.24. The molecule has 0 aromatic heterocycles. The number of amides is 1. The van der Waals surface area contributed by atoms with E-state index in [9.17, 15) is 4.79 Å². The smallest absolute Gasteiger partial charge is 0.224 e. The first kappa shape index (κ1) is 16.0. The van der Waals surface area contributed by atoms with Crippen molar-refractivity contribution in [2.24, 2.45) is 11.8 Å². The van der Waals surface area contributed by atoms with Crippen molar-refractivity contribution in [3.8, 4) is 17.2 Å². The van der Waals surface area contributed by atoms with Crippen molar-refractivity contribution < 1.29 is 19.0 Å². The van der Waals surface area contributed by atoms with Crippen LogP contribution in [-0.2, 0) is 11.2 Å². The second-order valence-electron chi connectivity index (χ2n) is 6.44. The second-order valence-corrected chi connectivity index (χ2v) is 6.44. The highest BCUT2D eigenvalue weighted by atomic mass is 16.5. The molecule has 0 spiro atoms. The van der Waals surface area contributed by atoms with Gasteiger partial charge < -0.3 is 19.5 Å². The molecule has 23 heavy (non-hydrogen) atoms. The van der Waals surface area contributed by atoms with Gasteiger partial charge in [0.2, 0.25) is 11.7 Å². The first-order valence-corrected chi connectivity index (χ1v) is 8.25. The Morgan fingerprint density at radius 3 is 2.13 bits per heavy atom. The maximum Gasteiger partial charge on any atom is 0.224 e. The lowest BCUT2D eigenvalue weighted by Gasteiger charge is -2.19. The quantitative estimate of drug-likeness (QED) is 0.800. The molecular formula is C18H25NO4. The molecule has 2 aliphatic rings. The average molecular weight is 319 g/mol. The molecule has 0 atom stereocenters. The highest BCUT2D eigenvalue weighted by Crippen LogP contribution is 2.44. The van der Waals surface area contributed by atoms with Gasteiger partial charge in [0.1, 0.15) is 0 Å². The molecular weight excluding hydrogens is 294 g/mol. The summed E-state index contributed by atoms with van der Waals surface area (Å²) in [6.45, 7) is 0. The van der Waals surface area contributed by atoms with Gasteiger partial charge >= 0.3 is 0 Å². The molecule has 1 aromatic rings. The summed E-state index contributed by atoms with van der Waals surface area (Å²) in [6.07, 6.45) is 5.30. The number of rotatable bonds is 8.